The summed E-state index contributed by atoms with van der Waals surface area (Å²) in [6.07, 6.45) is 6.23. The molecule has 0 unspecified atom stereocenters. The van der Waals surface area contributed by atoms with Gasteiger partial charge >= 0.3 is 0 Å². The maximum atomic E-state index is 5.70. The van der Waals surface area contributed by atoms with E-state index in [-0.39, 0.29) is 5.95 Å². The molecule has 0 atom stereocenters. The quantitative estimate of drug-likeness (QED) is 0.849. The number of nitrogens with two attached hydrogens (primary N) is 1. The molecule has 1 saturated carbocycles. The number of hydrogen-bond acceptors (Lipinski definition) is 8. The summed E-state index contributed by atoms with van der Waals surface area (Å²) in [7, 11) is 1.57. The molecular formula is C17H23N7O. The maximum Gasteiger partial charge on any atom is 0.225 e. The van der Waals surface area contributed by atoms with Crippen LogP contribution in [0.3, 0.4) is 0 Å². The highest BCUT2D eigenvalue weighted by molar-refractivity contribution is 5.45. The fourth-order valence-electron chi connectivity index (χ4n) is 3.51. The Hall–Kier alpha value is -2.64. The van der Waals surface area contributed by atoms with Gasteiger partial charge in [0.05, 0.1) is 7.11 Å². The zero-order valence-electron chi connectivity index (χ0n) is 14.4. The average molecular weight is 341 g/mol. The molecule has 8 heteroatoms. The van der Waals surface area contributed by atoms with Crippen LogP contribution in [0.5, 0.6) is 5.88 Å². The van der Waals surface area contributed by atoms with E-state index in [0.717, 1.165) is 37.4 Å². The lowest BCUT2D eigenvalue weighted by Gasteiger charge is -2.36. The van der Waals surface area contributed by atoms with Gasteiger partial charge in [-0.15, -0.1) is 0 Å². The number of rotatable bonds is 5. The second-order valence-electron chi connectivity index (χ2n) is 6.66. The molecule has 2 aliphatic rings. The van der Waals surface area contributed by atoms with E-state index in [0.29, 0.717) is 23.7 Å². The van der Waals surface area contributed by atoms with Gasteiger partial charge in [-0.2, -0.15) is 9.97 Å². The fraction of sp³-hybridized carbons (Fsp3) is 0.529. The largest absolute Gasteiger partial charge is 0.481 e. The highest BCUT2D eigenvalue weighted by atomic mass is 16.5. The lowest BCUT2D eigenvalue weighted by molar-refractivity contribution is 0.365. The molecule has 25 heavy (non-hydrogen) atoms. The molecule has 1 saturated heterocycles. The molecule has 0 spiro atoms. The van der Waals surface area contributed by atoms with Gasteiger partial charge < -0.3 is 20.7 Å². The predicted octanol–water partition coefficient (Wildman–Crippen LogP) is 1.82. The van der Waals surface area contributed by atoms with Crippen molar-refractivity contribution in [1.82, 2.24) is 19.9 Å². The third-order valence-electron chi connectivity index (χ3n) is 4.94. The molecule has 8 nitrogen and oxygen atoms in total. The summed E-state index contributed by atoms with van der Waals surface area (Å²) in [6, 6.07) is 4.27. The van der Waals surface area contributed by atoms with E-state index in [4.69, 9.17) is 10.5 Å². The van der Waals surface area contributed by atoms with Crippen LogP contribution in [0.2, 0.25) is 0 Å². The number of nitrogens with one attached hydrogen (secondary N) is 1. The molecule has 0 bridgehead atoms. The number of nitrogens with zero attached hydrogens (tertiary/aromatic N) is 5. The van der Waals surface area contributed by atoms with Crippen molar-refractivity contribution >= 4 is 17.6 Å². The third-order valence-corrected chi connectivity index (χ3v) is 4.94. The Labute approximate surface area is 146 Å². The fourth-order valence-corrected chi connectivity index (χ4v) is 3.51. The number of aromatic nitrogens is 4. The van der Waals surface area contributed by atoms with Gasteiger partial charge in [0.15, 0.2) is 0 Å². The smallest absolute Gasteiger partial charge is 0.225 e. The first-order valence-corrected chi connectivity index (χ1v) is 8.73. The van der Waals surface area contributed by atoms with Crippen LogP contribution < -0.4 is 20.7 Å². The first-order valence-electron chi connectivity index (χ1n) is 8.73. The van der Waals surface area contributed by atoms with Gasteiger partial charge in [0.25, 0.3) is 0 Å². The van der Waals surface area contributed by atoms with E-state index in [1.54, 1.807) is 19.5 Å². The maximum absolute atomic E-state index is 5.70. The number of hydrogen-bond donors (Lipinski definition) is 2. The van der Waals surface area contributed by atoms with Crippen molar-refractivity contribution in [3.8, 4) is 5.88 Å². The second kappa shape index (κ2) is 6.70. The zero-order valence-corrected chi connectivity index (χ0v) is 14.4. The van der Waals surface area contributed by atoms with E-state index in [2.05, 4.69) is 36.2 Å². The average Bonchev–Trinajstić information content (AvgIpc) is 3.12. The van der Waals surface area contributed by atoms with E-state index in [9.17, 15) is 0 Å². The number of ether oxygens (including phenoxy) is 1. The molecule has 3 N–H and O–H groups in total. The van der Waals surface area contributed by atoms with E-state index < -0.39 is 0 Å². The molecule has 0 amide bonds. The van der Waals surface area contributed by atoms with Crippen LogP contribution in [0.15, 0.2) is 18.5 Å². The molecule has 0 aromatic carbocycles. The van der Waals surface area contributed by atoms with Crippen LogP contribution >= 0.6 is 0 Å². The van der Waals surface area contributed by atoms with Gasteiger partial charge in [-0.1, -0.05) is 0 Å². The molecule has 2 fully saturated rings. The summed E-state index contributed by atoms with van der Waals surface area (Å²) in [4.78, 5) is 19.5. The topological polar surface area (TPSA) is 102 Å². The van der Waals surface area contributed by atoms with Gasteiger partial charge in [-0.25, -0.2) is 9.97 Å². The van der Waals surface area contributed by atoms with Crippen molar-refractivity contribution in [2.45, 2.75) is 37.6 Å². The van der Waals surface area contributed by atoms with Gasteiger partial charge in [-0.05, 0) is 25.7 Å². The van der Waals surface area contributed by atoms with Crippen molar-refractivity contribution in [2.75, 3.05) is 36.1 Å². The molecular weight excluding hydrogens is 318 g/mol. The Morgan fingerprint density at radius 1 is 1.16 bits per heavy atom. The van der Waals surface area contributed by atoms with Crippen LogP contribution in [0.4, 0.5) is 17.6 Å². The van der Waals surface area contributed by atoms with E-state index >= 15 is 0 Å². The van der Waals surface area contributed by atoms with Crippen molar-refractivity contribution in [3.63, 3.8) is 0 Å². The summed E-state index contributed by atoms with van der Waals surface area (Å²) in [6.45, 7) is 2.20. The molecule has 132 valence electrons. The first kappa shape index (κ1) is 15.9. The minimum atomic E-state index is 0.212. The van der Waals surface area contributed by atoms with Crippen LogP contribution in [0.25, 0.3) is 0 Å². The van der Waals surface area contributed by atoms with E-state index in [1.165, 1.54) is 12.8 Å². The third kappa shape index (κ3) is 3.42. The molecule has 2 aromatic heterocycles. The summed E-state index contributed by atoms with van der Waals surface area (Å²) in [5.41, 5.74) is 6.84. The monoisotopic (exact) mass is 341 g/mol. The van der Waals surface area contributed by atoms with Crippen molar-refractivity contribution in [1.29, 1.82) is 0 Å². The number of anilines is 3. The van der Waals surface area contributed by atoms with Crippen molar-refractivity contribution in [3.05, 3.63) is 24.2 Å². The van der Waals surface area contributed by atoms with Crippen LogP contribution in [-0.2, 0) is 0 Å². The number of methoxy groups -OCH3 is 1. The lowest BCUT2D eigenvalue weighted by Crippen LogP contribution is -2.35. The van der Waals surface area contributed by atoms with Crippen molar-refractivity contribution in [2.24, 2.45) is 0 Å². The second-order valence-corrected chi connectivity index (χ2v) is 6.66. The standard InChI is InChI=1S/C17H23N7O/c1-25-16-9-14(22-17(18)23-16)21-12-6-11(7-12)13-8-15(20-10-19-13)24-4-2-3-5-24/h8-12H,2-7H2,1H3,(H3,18,21,22,23). The van der Waals surface area contributed by atoms with Crippen LogP contribution in [0.1, 0.15) is 37.3 Å². The molecule has 3 heterocycles. The van der Waals surface area contributed by atoms with Crippen LogP contribution in [-0.4, -0.2) is 46.2 Å². The summed E-state index contributed by atoms with van der Waals surface area (Å²) in [5.74, 6) is 2.91. The molecule has 2 aromatic rings. The van der Waals surface area contributed by atoms with Crippen molar-refractivity contribution < 1.29 is 4.74 Å². The highest BCUT2D eigenvalue weighted by Gasteiger charge is 2.32. The van der Waals surface area contributed by atoms with Gasteiger partial charge in [0.2, 0.25) is 11.8 Å². The SMILES string of the molecule is COc1cc(NC2CC(c3cc(N4CCCC4)ncn3)C2)nc(N)n1. The van der Waals surface area contributed by atoms with Crippen LogP contribution in [0, 0.1) is 0 Å². The first-order chi connectivity index (χ1) is 12.2. The van der Waals surface area contributed by atoms with Gasteiger partial charge in [-0.3, -0.25) is 0 Å². The summed E-state index contributed by atoms with van der Waals surface area (Å²) in [5, 5.41) is 3.40. The molecule has 4 rings (SSSR count). The Bertz CT molecular complexity index is 742. The minimum absolute atomic E-state index is 0.212. The Kier molecular flexibility index (Phi) is 4.25. The molecule has 0 radical (unpaired) electrons. The molecule has 1 aliphatic carbocycles. The molecule has 1 aliphatic heterocycles. The Balaban J connectivity index is 1.37. The normalized spacial score (nSPS) is 22.5. The Morgan fingerprint density at radius 3 is 2.72 bits per heavy atom. The Morgan fingerprint density at radius 2 is 1.96 bits per heavy atom. The van der Waals surface area contributed by atoms with E-state index in [1.807, 2.05) is 0 Å². The predicted molar refractivity (Wildman–Crippen MR) is 95.9 cm³/mol. The minimum Gasteiger partial charge on any atom is -0.481 e. The summed E-state index contributed by atoms with van der Waals surface area (Å²) < 4.78 is 5.13. The summed E-state index contributed by atoms with van der Waals surface area (Å²) >= 11 is 0. The van der Waals surface area contributed by atoms with Gasteiger partial charge in [0, 0.05) is 42.9 Å². The zero-order chi connectivity index (χ0) is 17.2. The highest BCUT2D eigenvalue weighted by Crippen LogP contribution is 2.38. The lowest BCUT2D eigenvalue weighted by atomic mass is 9.78. The number of nitrogen functional groups attached to an aromatic ring is 1. The van der Waals surface area contributed by atoms with Gasteiger partial charge in [0.1, 0.15) is 18.0 Å².